The molecule has 1 unspecified atom stereocenters. The zero-order valence-corrected chi connectivity index (χ0v) is 7.04. The standard InChI is InChI=1S/C8H18N2/c1-3-9-7-8(2)5-4-6-10-8/h9-10H,3-7H2,1-2H3. The monoisotopic (exact) mass is 142 g/mol. The van der Waals surface area contributed by atoms with Gasteiger partial charge in [0.2, 0.25) is 0 Å². The molecule has 0 aliphatic carbocycles. The van der Waals surface area contributed by atoms with Gasteiger partial charge in [0.1, 0.15) is 0 Å². The number of likely N-dealkylation sites (N-methyl/N-ethyl adjacent to an activating group) is 1. The molecule has 0 aromatic carbocycles. The molecular formula is C8H18N2. The quantitative estimate of drug-likeness (QED) is 0.607. The molecule has 1 fully saturated rings. The van der Waals surface area contributed by atoms with Crippen molar-refractivity contribution in [2.75, 3.05) is 19.6 Å². The van der Waals surface area contributed by atoms with Gasteiger partial charge in [0.15, 0.2) is 0 Å². The first-order valence-electron chi connectivity index (χ1n) is 4.22. The van der Waals surface area contributed by atoms with E-state index in [4.69, 9.17) is 0 Å². The fourth-order valence-corrected chi connectivity index (χ4v) is 1.51. The van der Waals surface area contributed by atoms with Crippen molar-refractivity contribution in [3.8, 4) is 0 Å². The molecule has 2 nitrogen and oxygen atoms in total. The van der Waals surface area contributed by atoms with E-state index in [1.165, 1.54) is 19.4 Å². The summed E-state index contributed by atoms with van der Waals surface area (Å²) < 4.78 is 0. The van der Waals surface area contributed by atoms with Crippen molar-refractivity contribution < 1.29 is 0 Å². The van der Waals surface area contributed by atoms with E-state index >= 15 is 0 Å². The van der Waals surface area contributed by atoms with E-state index in [0.29, 0.717) is 5.54 Å². The zero-order chi connectivity index (χ0) is 7.45. The summed E-state index contributed by atoms with van der Waals surface area (Å²) in [4.78, 5) is 0. The molecule has 60 valence electrons. The Labute approximate surface area is 63.4 Å². The molecule has 1 rings (SSSR count). The average Bonchev–Trinajstić information content (AvgIpc) is 2.33. The van der Waals surface area contributed by atoms with E-state index in [2.05, 4.69) is 24.5 Å². The van der Waals surface area contributed by atoms with Crippen LogP contribution in [-0.2, 0) is 0 Å². The van der Waals surface area contributed by atoms with Crippen LogP contribution >= 0.6 is 0 Å². The molecule has 1 heterocycles. The maximum atomic E-state index is 3.51. The zero-order valence-electron chi connectivity index (χ0n) is 7.04. The molecule has 1 aliphatic rings. The van der Waals surface area contributed by atoms with Crippen LogP contribution < -0.4 is 10.6 Å². The fraction of sp³-hybridized carbons (Fsp3) is 1.00. The molecule has 0 amide bonds. The summed E-state index contributed by atoms with van der Waals surface area (Å²) in [6.45, 7) is 7.84. The van der Waals surface area contributed by atoms with Crippen molar-refractivity contribution in [2.45, 2.75) is 32.2 Å². The summed E-state index contributed by atoms with van der Waals surface area (Å²) in [7, 11) is 0. The van der Waals surface area contributed by atoms with E-state index < -0.39 is 0 Å². The molecule has 1 atom stereocenters. The number of hydrogen-bond acceptors (Lipinski definition) is 2. The third-order valence-corrected chi connectivity index (χ3v) is 2.22. The summed E-state index contributed by atoms with van der Waals surface area (Å²) in [6.07, 6.45) is 2.65. The van der Waals surface area contributed by atoms with Gasteiger partial charge in [0, 0.05) is 12.1 Å². The minimum absolute atomic E-state index is 0.385. The lowest BCUT2D eigenvalue weighted by Crippen LogP contribution is -2.45. The Morgan fingerprint density at radius 3 is 2.90 bits per heavy atom. The second kappa shape index (κ2) is 3.35. The predicted octanol–water partition coefficient (Wildman–Crippen LogP) is 0.738. The largest absolute Gasteiger partial charge is 0.315 e. The minimum atomic E-state index is 0.385. The molecule has 0 bridgehead atoms. The first kappa shape index (κ1) is 8.02. The van der Waals surface area contributed by atoms with Gasteiger partial charge in [-0.3, -0.25) is 0 Å². The second-order valence-electron chi connectivity index (χ2n) is 3.37. The minimum Gasteiger partial charge on any atom is -0.315 e. The molecule has 2 heteroatoms. The van der Waals surface area contributed by atoms with Gasteiger partial charge in [-0.15, -0.1) is 0 Å². The SMILES string of the molecule is CCNCC1(C)CCCN1. The van der Waals surface area contributed by atoms with Crippen molar-refractivity contribution in [3.63, 3.8) is 0 Å². The smallest absolute Gasteiger partial charge is 0.0278 e. The maximum Gasteiger partial charge on any atom is 0.0278 e. The predicted molar refractivity (Wildman–Crippen MR) is 44.2 cm³/mol. The Kier molecular flexibility index (Phi) is 2.69. The van der Waals surface area contributed by atoms with Crippen LogP contribution in [0, 0.1) is 0 Å². The van der Waals surface area contributed by atoms with Crippen LogP contribution in [0.1, 0.15) is 26.7 Å². The van der Waals surface area contributed by atoms with E-state index in [1.54, 1.807) is 0 Å². The highest BCUT2D eigenvalue weighted by atomic mass is 15.0. The lowest BCUT2D eigenvalue weighted by molar-refractivity contribution is 0.390. The molecular weight excluding hydrogens is 124 g/mol. The molecule has 0 saturated carbocycles. The van der Waals surface area contributed by atoms with Crippen molar-refractivity contribution >= 4 is 0 Å². The Morgan fingerprint density at radius 2 is 2.40 bits per heavy atom. The Balaban J connectivity index is 2.22. The van der Waals surface area contributed by atoms with Gasteiger partial charge >= 0.3 is 0 Å². The third kappa shape index (κ3) is 1.96. The summed E-state index contributed by atoms with van der Waals surface area (Å²) in [5, 5.41) is 6.87. The van der Waals surface area contributed by atoms with Crippen LogP contribution in [0.5, 0.6) is 0 Å². The van der Waals surface area contributed by atoms with Crippen molar-refractivity contribution in [1.29, 1.82) is 0 Å². The van der Waals surface area contributed by atoms with Crippen LogP contribution in [-0.4, -0.2) is 25.2 Å². The van der Waals surface area contributed by atoms with Crippen LogP contribution in [0.25, 0.3) is 0 Å². The molecule has 0 aromatic heterocycles. The highest BCUT2D eigenvalue weighted by Crippen LogP contribution is 2.16. The van der Waals surface area contributed by atoms with Gasteiger partial charge in [-0.1, -0.05) is 6.92 Å². The molecule has 0 spiro atoms. The normalized spacial score (nSPS) is 33.0. The summed E-state index contributed by atoms with van der Waals surface area (Å²) >= 11 is 0. The van der Waals surface area contributed by atoms with Gasteiger partial charge in [-0.05, 0) is 32.9 Å². The summed E-state index contributed by atoms with van der Waals surface area (Å²) in [5.74, 6) is 0. The maximum absolute atomic E-state index is 3.51. The van der Waals surface area contributed by atoms with Crippen LogP contribution in [0.2, 0.25) is 0 Å². The molecule has 10 heavy (non-hydrogen) atoms. The highest BCUT2D eigenvalue weighted by Gasteiger charge is 2.26. The fourth-order valence-electron chi connectivity index (χ4n) is 1.51. The Hall–Kier alpha value is -0.0800. The number of nitrogens with one attached hydrogen (secondary N) is 2. The van der Waals surface area contributed by atoms with E-state index in [0.717, 1.165) is 13.1 Å². The van der Waals surface area contributed by atoms with Crippen molar-refractivity contribution in [2.24, 2.45) is 0 Å². The molecule has 0 radical (unpaired) electrons. The second-order valence-corrected chi connectivity index (χ2v) is 3.37. The lowest BCUT2D eigenvalue weighted by Gasteiger charge is -2.24. The summed E-state index contributed by atoms with van der Waals surface area (Å²) in [6, 6.07) is 0. The topological polar surface area (TPSA) is 24.1 Å². The summed E-state index contributed by atoms with van der Waals surface area (Å²) in [5.41, 5.74) is 0.385. The Morgan fingerprint density at radius 1 is 1.60 bits per heavy atom. The highest BCUT2D eigenvalue weighted by molar-refractivity contribution is 4.90. The van der Waals surface area contributed by atoms with E-state index in [1.807, 2.05) is 0 Å². The molecule has 0 aromatic rings. The van der Waals surface area contributed by atoms with E-state index in [9.17, 15) is 0 Å². The van der Waals surface area contributed by atoms with Gasteiger partial charge in [0.05, 0.1) is 0 Å². The average molecular weight is 142 g/mol. The van der Waals surface area contributed by atoms with Crippen molar-refractivity contribution in [3.05, 3.63) is 0 Å². The van der Waals surface area contributed by atoms with Gasteiger partial charge in [-0.2, -0.15) is 0 Å². The molecule has 1 aliphatic heterocycles. The first-order valence-corrected chi connectivity index (χ1v) is 4.22. The van der Waals surface area contributed by atoms with Gasteiger partial charge in [-0.25, -0.2) is 0 Å². The van der Waals surface area contributed by atoms with Crippen LogP contribution in [0.15, 0.2) is 0 Å². The third-order valence-electron chi connectivity index (χ3n) is 2.22. The number of hydrogen-bond donors (Lipinski definition) is 2. The van der Waals surface area contributed by atoms with Gasteiger partial charge < -0.3 is 10.6 Å². The van der Waals surface area contributed by atoms with Crippen molar-refractivity contribution in [1.82, 2.24) is 10.6 Å². The molecule has 1 saturated heterocycles. The van der Waals surface area contributed by atoms with Crippen LogP contribution in [0.3, 0.4) is 0 Å². The first-order chi connectivity index (χ1) is 4.77. The lowest BCUT2D eigenvalue weighted by atomic mass is 10.0. The van der Waals surface area contributed by atoms with E-state index in [-0.39, 0.29) is 0 Å². The van der Waals surface area contributed by atoms with Crippen LogP contribution in [0.4, 0.5) is 0 Å². The van der Waals surface area contributed by atoms with Gasteiger partial charge in [0.25, 0.3) is 0 Å². The number of rotatable bonds is 3. The molecule has 2 N–H and O–H groups in total. The Bertz CT molecular complexity index is 95.4.